The van der Waals surface area contributed by atoms with Crippen LogP contribution in [0, 0.1) is 17.2 Å². The van der Waals surface area contributed by atoms with E-state index in [1.54, 1.807) is 6.07 Å². The number of fused-ring (bicyclic) bond motifs is 2. The van der Waals surface area contributed by atoms with Gasteiger partial charge in [-0.1, -0.05) is 6.07 Å². The summed E-state index contributed by atoms with van der Waals surface area (Å²) < 4.78 is 0.767. The molecule has 0 spiro atoms. The molecule has 4 nitrogen and oxygen atoms in total. The van der Waals surface area contributed by atoms with Crippen LogP contribution in [0.25, 0.3) is 0 Å². The summed E-state index contributed by atoms with van der Waals surface area (Å²) in [5.74, 6) is 0.752. The van der Waals surface area contributed by atoms with Crippen LogP contribution in [0.4, 0.5) is 0 Å². The largest absolute Gasteiger partial charge is 0.353 e. The lowest BCUT2D eigenvalue weighted by Crippen LogP contribution is -2.41. The van der Waals surface area contributed by atoms with Gasteiger partial charge in [-0.05, 0) is 78.6 Å². The van der Waals surface area contributed by atoms with Crippen molar-refractivity contribution in [2.24, 2.45) is 5.92 Å². The highest BCUT2D eigenvalue weighted by atomic mass is 79.9. The average molecular weight is 390 g/mol. The van der Waals surface area contributed by atoms with Crippen LogP contribution in [-0.2, 0) is 11.2 Å². The average Bonchev–Trinajstić information content (AvgIpc) is 2.87. The third-order valence-corrected chi connectivity index (χ3v) is 5.87. The molecule has 0 radical (unpaired) electrons. The fourth-order valence-electron chi connectivity index (χ4n) is 4.21. The topological polar surface area (TPSA) is 64.9 Å². The van der Waals surface area contributed by atoms with Gasteiger partial charge >= 0.3 is 0 Å². The van der Waals surface area contributed by atoms with Gasteiger partial charge in [-0.3, -0.25) is 4.79 Å². The summed E-state index contributed by atoms with van der Waals surface area (Å²) in [6.45, 7) is 2.10. The van der Waals surface area contributed by atoms with E-state index in [0.717, 1.165) is 22.4 Å². The van der Waals surface area contributed by atoms with Crippen molar-refractivity contribution in [3.05, 3.63) is 33.8 Å². The molecule has 2 saturated heterocycles. The van der Waals surface area contributed by atoms with E-state index in [4.69, 9.17) is 5.26 Å². The van der Waals surface area contributed by atoms with Crippen molar-refractivity contribution < 1.29 is 4.79 Å². The first kappa shape index (κ1) is 17.4. The zero-order chi connectivity index (χ0) is 17.1. The zero-order valence-corrected chi connectivity index (χ0v) is 15.6. The molecular weight excluding hydrogens is 366 g/mol. The number of rotatable bonds is 5. The highest BCUT2D eigenvalue weighted by molar-refractivity contribution is 9.10. The fraction of sp³-hybridized carbons (Fsp3) is 0.579. The third kappa shape index (κ3) is 4.37. The number of benzene rings is 1. The van der Waals surface area contributed by atoms with Crippen LogP contribution >= 0.6 is 15.9 Å². The van der Waals surface area contributed by atoms with Crippen molar-refractivity contribution in [3.8, 4) is 6.07 Å². The summed E-state index contributed by atoms with van der Waals surface area (Å²) >= 11 is 3.34. The first-order valence-electron chi connectivity index (χ1n) is 8.77. The molecule has 3 unspecified atom stereocenters. The summed E-state index contributed by atoms with van der Waals surface area (Å²) in [6, 6.07) is 9.22. The molecule has 1 aromatic carbocycles. The number of nitrogens with zero attached hydrogens (tertiary/aromatic N) is 1. The van der Waals surface area contributed by atoms with Gasteiger partial charge in [0, 0.05) is 22.6 Å². The molecule has 1 aromatic rings. The molecule has 2 N–H and O–H groups in total. The highest BCUT2D eigenvalue weighted by Gasteiger charge is 2.33. The maximum atomic E-state index is 12.3. The van der Waals surface area contributed by atoms with Gasteiger partial charge in [0.05, 0.1) is 12.0 Å². The van der Waals surface area contributed by atoms with Crippen LogP contribution < -0.4 is 10.6 Å². The van der Waals surface area contributed by atoms with E-state index in [0.29, 0.717) is 24.1 Å². The molecular formula is C19H24BrN3O. The molecule has 2 aliphatic rings. The van der Waals surface area contributed by atoms with Crippen molar-refractivity contribution in [1.82, 2.24) is 10.6 Å². The normalized spacial score (nSPS) is 26.6. The number of nitriles is 1. The molecule has 2 bridgehead atoms. The summed E-state index contributed by atoms with van der Waals surface area (Å²) in [5, 5.41) is 15.9. The van der Waals surface area contributed by atoms with E-state index in [-0.39, 0.29) is 11.9 Å². The van der Waals surface area contributed by atoms with Crippen molar-refractivity contribution in [3.63, 3.8) is 0 Å². The van der Waals surface area contributed by atoms with Gasteiger partial charge in [0.2, 0.25) is 5.91 Å². The van der Waals surface area contributed by atoms with Gasteiger partial charge in [-0.25, -0.2) is 0 Å². The second-order valence-corrected chi connectivity index (χ2v) is 8.14. The van der Waals surface area contributed by atoms with Crippen molar-refractivity contribution in [1.29, 1.82) is 5.26 Å². The SMILES string of the molecule is CC(CC1CC2CCC(C1)N2)NC(=O)Cc1ccc(Br)c(C#N)c1. The number of nitrogens with one attached hydrogen (secondary N) is 2. The van der Waals surface area contributed by atoms with E-state index < -0.39 is 0 Å². The van der Waals surface area contributed by atoms with E-state index in [1.807, 2.05) is 12.1 Å². The van der Waals surface area contributed by atoms with E-state index in [1.165, 1.54) is 25.7 Å². The lowest BCUT2D eigenvalue weighted by atomic mass is 9.87. The van der Waals surface area contributed by atoms with E-state index >= 15 is 0 Å². The summed E-state index contributed by atoms with van der Waals surface area (Å²) in [5.41, 5.74) is 1.44. The summed E-state index contributed by atoms with van der Waals surface area (Å²) in [6.07, 6.45) is 6.50. The van der Waals surface area contributed by atoms with Crippen LogP contribution in [0.2, 0.25) is 0 Å². The lowest BCUT2D eigenvalue weighted by Gasteiger charge is -2.31. The van der Waals surface area contributed by atoms with Crippen LogP contribution in [0.3, 0.4) is 0 Å². The Balaban J connectivity index is 1.48. The quantitative estimate of drug-likeness (QED) is 0.811. The standard InChI is InChI=1S/C19H24BrN3O/c1-12(6-14-8-16-3-4-17(9-14)23-16)22-19(24)10-13-2-5-18(20)15(7-13)11-21/h2,5,7,12,14,16-17,23H,3-4,6,8-10H2,1H3,(H,22,24). The Morgan fingerprint density at radius 1 is 1.42 bits per heavy atom. The van der Waals surface area contributed by atoms with Crippen LogP contribution in [-0.4, -0.2) is 24.0 Å². The predicted octanol–water partition coefficient (Wildman–Crippen LogP) is 3.29. The Labute approximate surface area is 152 Å². The maximum Gasteiger partial charge on any atom is 0.224 e. The summed E-state index contributed by atoms with van der Waals surface area (Å²) in [7, 11) is 0. The third-order valence-electron chi connectivity index (χ3n) is 5.18. The Hall–Kier alpha value is -1.38. The van der Waals surface area contributed by atoms with Crippen LogP contribution in [0.15, 0.2) is 22.7 Å². The van der Waals surface area contributed by atoms with Crippen LogP contribution in [0.1, 0.15) is 50.2 Å². The number of piperidine rings is 1. The molecule has 5 heteroatoms. The first-order chi connectivity index (χ1) is 11.5. The van der Waals surface area contributed by atoms with Gasteiger partial charge in [-0.2, -0.15) is 5.26 Å². The molecule has 0 aliphatic carbocycles. The molecule has 0 saturated carbocycles. The fourth-order valence-corrected chi connectivity index (χ4v) is 4.54. The van der Waals surface area contributed by atoms with Gasteiger partial charge in [0.25, 0.3) is 0 Å². The van der Waals surface area contributed by atoms with Gasteiger partial charge in [-0.15, -0.1) is 0 Å². The Bertz CT molecular complexity index is 643. The van der Waals surface area contributed by atoms with Crippen molar-refractivity contribution in [2.45, 2.75) is 63.6 Å². The van der Waals surface area contributed by atoms with Crippen LogP contribution in [0.5, 0.6) is 0 Å². The number of hydrogen-bond acceptors (Lipinski definition) is 3. The second kappa shape index (κ2) is 7.67. The molecule has 128 valence electrons. The molecule has 2 heterocycles. The van der Waals surface area contributed by atoms with E-state index in [9.17, 15) is 4.79 Å². The van der Waals surface area contributed by atoms with Crippen molar-refractivity contribution >= 4 is 21.8 Å². The van der Waals surface area contributed by atoms with Gasteiger partial charge < -0.3 is 10.6 Å². The Morgan fingerprint density at radius 2 is 2.12 bits per heavy atom. The zero-order valence-electron chi connectivity index (χ0n) is 14.0. The highest BCUT2D eigenvalue weighted by Crippen LogP contribution is 2.33. The predicted molar refractivity (Wildman–Crippen MR) is 97.5 cm³/mol. The molecule has 24 heavy (non-hydrogen) atoms. The molecule has 2 fully saturated rings. The number of carbonyl (C=O) groups is 1. The molecule has 0 aromatic heterocycles. The molecule has 1 amide bonds. The van der Waals surface area contributed by atoms with Crippen molar-refractivity contribution in [2.75, 3.05) is 0 Å². The molecule has 3 rings (SSSR count). The minimum absolute atomic E-state index is 0.0330. The maximum absolute atomic E-state index is 12.3. The number of halogens is 1. The van der Waals surface area contributed by atoms with E-state index in [2.05, 4.69) is 39.6 Å². The smallest absolute Gasteiger partial charge is 0.224 e. The molecule has 2 aliphatic heterocycles. The lowest BCUT2D eigenvalue weighted by molar-refractivity contribution is -0.121. The second-order valence-electron chi connectivity index (χ2n) is 7.28. The summed E-state index contributed by atoms with van der Waals surface area (Å²) in [4.78, 5) is 12.3. The monoisotopic (exact) mass is 389 g/mol. The molecule has 3 atom stereocenters. The van der Waals surface area contributed by atoms with Gasteiger partial charge in [0.15, 0.2) is 0 Å². The minimum Gasteiger partial charge on any atom is -0.353 e. The number of carbonyl (C=O) groups excluding carboxylic acids is 1. The number of hydrogen-bond donors (Lipinski definition) is 2. The Kier molecular flexibility index (Phi) is 5.57. The first-order valence-corrected chi connectivity index (χ1v) is 9.56. The Morgan fingerprint density at radius 3 is 2.79 bits per heavy atom. The minimum atomic E-state index is 0.0330. The van der Waals surface area contributed by atoms with Gasteiger partial charge in [0.1, 0.15) is 6.07 Å². The number of amides is 1.